The molecule has 2 atom stereocenters. The lowest BCUT2D eigenvalue weighted by Crippen LogP contribution is -2.27. The van der Waals surface area contributed by atoms with Gasteiger partial charge in [0.2, 0.25) is 0 Å². The number of nitrogens with one attached hydrogen (secondary N) is 1. The lowest BCUT2D eigenvalue weighted by molar-refractivity contribution is 0.514. The molecule has 0 radical (unpaired) electrons. The summed E-state index contributed by atoms with van der Waals surface area (Å²) >= 11 is 0. The predicted octanol–water partition coefficient (Wildman–Crippen LogP) is 3.88. The fraction of sp³-hybridized carbons (Fsp3) is 0.533. The van der Waals surface area contributed by atoms with Gasteiger partial charge in [0.05, 0.1) is 12.0 Å². The molecule has 0 aliphatic heterocycles. The standard InChI is InChI=1S/C15H20N2/c1-12-7-9-14(10-8-12)17-15-6-4-2-3-5-13(15)11-16/h7-10,13,15,17H,2-6H2,1H3. The predicted molar refractivity (Wildman–Crippen MR) is 70.8 cm³/mol. The van der Waals surface area contributed by atoms with Gasteiger partial charge in [-0.3, -0.25) is 0 Å². The normalized spacial score (nSPS) is 24.7. The van der Waals surface area contributed by atoms with E-state index >= 15 is 0 Å². The maximum atomic E-state index is 9.22. The van der Waals surface area contributed by atoms with Crippen molar-refractivity contribution in [3.05, 3.63) is 29.8 Å². The molecule has 90 valence electrons. The Morgan fingerprint density at radius 1 is 1.12 bits per heavy atom. The van der Waals surface area contributed by atoms with E-state index in [1.165, 1.54) is 24.8 Å². The highest BCUT2D eigenvalue weighted by Crippen LogP contribution is 2.26. The van der Waals surface area contributed by atoms with Crippen molar-refractivity contribution in [2.75, 3.05) is 5.32 Å². The largest absolute Gasteiger partial charge is 0.381 e. The smallest absolute Gasteiger partial charge is 0.0677 e. The van der Waals surface area contributed by atoms with E-state index in [-0.39, 0.29) is 5.92 Å². The van der Waals surface area contributed by atoms with Crippen LogP contribution in [0.25, 0.3) is 0 Å². The van der Waals surface area contributed by atoms with E-state index in [4.69, 9.17) is 0 Å². The summed E-state index contributed by atoms with van der Waals surface area (Å²) in [5, 5.41) is 12.7. The van der Waals surface area contributed by atoms with Crippen LogP contribution in [0.5, 0.6) is 0 Å². The number of hydrogen-bond donors (Lipinski definition) is 1. The Morgan fingerprint density at radius 2 is 1.82 bits per heavy atom. The Balaban J connectivity index is 2.05. The lowest BCUT2D eigenvalue weighted by Gasteiger charge is -2.22. The molecule has 0 spiro atoms. The van der Waals surface area contributed by atoms with E-state index in [0.29, 0.717) is 6.04 Å². The van der Waals surface area contributed by atoms with Crippen molar-refractivity contribution < 1.29 is 0 Å². The zero-order chi connectivity index (χ0) is 12.1. The van der Waals surface area contributed by atoms with Gasteiger partial charge in [0.25, 0.3) is 0 Å². The van der Waals surface area contributed by atoms with Gasteiger partial charge in [-0.05, 0) is 31.9 Å². The maximum Gasteiger partial charge on any atom is 0.0677 e. The monoisotopic (exact) mass is 228 g/mol. The first-order valence-corrected chi connectivity index (χ1v) is 6.52. The molecule has 0 bridgehead atoms. The van der Waals surface area contributed by atoms with Crippen molar-refractivity contribution in [3.63, 3.8) is 0 Å². The van der Waals surface area contributed by atoms with Gasteiger partial charge in [-0.15, -0.1) is 0 Å². The summed E-state index contributed by atoms with van der Waals surface area (Å²) in [7, 11) is 0. The van der Waals surface area contributed by atoms with Gasteiger partial charge < -0.3 is 5.32 Å². The first-order chi connectivity index (χ1) is 8.29. The van der Waals surface area contributed by atoms with Crippen LogP contribution in [0.1, 0.15) is 37.7 Å². The Kier molecular flexibility index (Phi) is 4.03. The van der Waals surface area contributed by atoms with Crippen molar-refractivity contribution in [3.8, 4) is 6.07 Å². The third-order valence-corrected chi connectivity index (χ3v) is 3.59. The van der Waals surface area contributed by atoms with Crippen LogP contribution in [0.3, 0.4) is 0 Å². The van der Waals surface area contributed by atoms with Gasteiger partial charge in [-0.2, -0.15) is 5.26 Å². The number of anilines is 1. The highest BCUT2D eigenvalue weighted by atomic mass is 14.9. The summed E-state index contributed by atoms with van der Waals surface area (Å²) in [6.07, 6.45) is 5.86. The molecule has 17 heavy (non-hydrogen) atoms. The zero-order valence-corrected chi connectivity index (χ0v) is 10.4. The molecule has 0 aromatic heterocycles. The van der Waals surface area contributed by atoms with E-state index in [9.17, 15) is 5.26 Å². The Morgan fingerprint density at radius 3 is 2.53 bits per heavy atom. The molecule has 1 N–H and O–H groups in total. The zero-order valence-electron chi connectivity index (χ0n) is 10.4. The summed E-state index contributed by atoms with van der Waals surface area (Å²) < 4.78 is 0. The molecule has 1 aliphatic carbocycles. The summed E-state index contributed by atoms with van der Waals surface area (Å²) in [5.74, 6) is 0.166. The van der Waals surface area contributed by atoms with Gasteiger partial charge in [0.15, 0.2) is 0 Å². The quantitative estimate of drug-likeness (QED) is 0.780. The first kappa shape index (κ1) is 12.0. The van der Waals surface area contributed by atoms with Crippen LogP contribution in [-0.4, -0.2) is 6.04 Å². The van der Waals surface area contributed by atoms with Crippen LogP contribution in [0.4, 0.5) is 5.69 Å². The van der Waals surface area contributed by atoms with Crippen LogP contribution in [0, 0.1) is 24.2 Å². The number of rotatable bonds is 2. The number of aryl methyl sites for hydroxylation is 1. The van der Waals surface area contributed by atoms with Gasteiger partial charge >= 0.3 is 0 Å². The molecule has 0 saturated heterocycles. The molecule has 0 heterocycles. The molecule has 1 aromatic carbocycles. The summed E-state index contributed by atoms with van der Waals surface area (Å²) in [4.78, 5) is 0. The fourth-order valence-electron chi connectivity index (χ4n) is 2.50. The molecule has 1 aromatic rings. The average molecular weight is 228 g/mol. The van der Waals surface area contributed by atoms with Gasteiger partial charge in [-0.25, -0.2) is 0 Å². The van der Waals surface area contributed by atoms with E-state index in [1.54, 1.807) is 0 Å². The molecule has 1 aliphatic rings. The average Bonchev–Trinajstić information content (AvgIpc) is 2.57. The minimum Gasteiger partial charge on any atom is -0.381 e. The highest BCUT2D eigenvalue weighted by Gasteiger charge is 2.23. The summed E-state index contributed by atoms with van der Waals surface area (Å²) in [6, 6.07) is 11.2. The van der Waals surface area contributed by atoms with Crippen LogP contribution in [0.15, 0.2) is 24.3 Å². The molecule has 1 fully saturated rings. The Labute approximate surface area is 104 Å². The van der Waals surface area contributed by atoms with E-state index < -0.39 is 0 Å². The lowest BCUT2D eigenvalue weighted by atomic mass is 9.96. The second kappa shape index (κ2) is 5.72. The number of nitriles is 1. The third-order valence-electron chi connectivity index (χ3n) is 3.59. The molecule has 2 heteroatoms. The Bertz CT molecular complexity index is 388. The van der Waals surface area contributed by atoms with E-state index in [2.05, 4.69) is 42.6 Å². The summed E-state index contributed by atoms with van der Waals surface area (Å²) in [6.45, 7) is 2.09. The topological polar surface area (TPSA) is 35.8 Å². The number of hydrogen-bond acceptors (Lipinski definition) is 2. The minimum absolute atomic E-state index is 0.166. The minimum atomic E-state index is 0.166. The van der Waals surface area contributed by atoms with Crippen LogP contribution in [0.2, 0.25) is 0 Å². The van der Waals surface area contributed by atoms with Crippen molar-refractivity contribution in [1.29, 1.82) is 5.26 Å². The first-order valence-electron chi connectivity index (χ1n) is 6.52. The Hall–Kier alpha value is -1.49. The molecule has 1 saturated carbocycles. The number of nitrogens with zero attached hydrogens (tertiary/aromatic N) is 1. The second-order valence-corrected chi connectivity index (χ2v) is 4.99. The van der Waals surface area contributed by atoms with Crippen molar-refractivity contribution in [2.45, 2.75) is 45.1 Å². The second-order valence-electron chi connectivity index (χ2n) is 4.99. The molecule has 2 unspecified atom stereocenters. The molecule has 0 amide bonds. The van der Waals surface area contributed by atoms with Crippen molar-refractivity contribution >= 4 is 5.69 Å². The molecular weight excluding hydrogens is 208 g/mol. The van der Waals surface area contributed by atoms with Gasteiger partial charge in [0.1, 0.15) is 0 Å². The van der Waals surface area contributed by atoms with Crippen LogP contribution < -0.4 is 5.32 Å². The van der Waals surface area contributed by atoms with Crippen molar-refractivity contribution in [1.82, 2.24) is 0 Å². The summed E-state index contributed by atoms with van der Waals surface area (Å²) in [5.41, 5.74) is 2.41. The molecule has 2 rings (SSSR count). The van der Waals surface area contributed by atoms with Crippen LogP contribution >= 0.6 is 0 Å². The molecule has 2 nitrogen and oxygen atoms in total. The molecular formula is C15H20N2. The SMILES string of the molecule is Cc1ccc(NC2CCCCCC2C#N)cc1. The fourth-order valence-corrected chi connectivity index (χ4v) is 2.50. The number of benzene rings is 1. The third kappa shape index (κ3) is 3.23. The highest BCUT2D eigenvalue weighted by molar-refractivity contribution is 5.45. The van der Waals surface area contributed by atoms with Gasteiger partial charge in [0, 0.05) is 11.7 Å². The van der Waals surface area contributed by atoms with E-state index in [0.717, 1.165) is 18.5 Å². The maximum absolute atomic E-state index is 9.22. The van der Waals surface area contributed by atoms with Crippen LogP contribution in [-0.2, 0) is 0 Å². The van der Waals surface area contributed by atoms with E-state index in [1.807, 2.05) is 0 Å². The van der Waals surface area contributed by atoms with Crippen molar-refractivity contribution in [2.24, 2.45) is 5.92 Å². The van der Waals surface area contributed by atoms with Gasteiger partial charge in [-0.1, -0.05) is 37.0 Å².